The molecule has 0 aliphatic rings. The summed E-state index contributed by atoms with van der Waals surface area (Å²) in [6.07, 6.45) is -0.555. The van der Waals surface area contributed by atoms with Crippen molar-refractivity contribution in [2.24, 2.45) is 0 Å². The Balaban J connectivity index is 2.42. The van der Waals surface area contributed by atoms with Crippen LogP contribution in [0.3, 0.4) is 0 Å². The number of aliphatic hydroxyl groups excluding tert-OH is 1. The van der Waals surface area contributed by atoms with Crippen molar-refractivity contribution in [1.29, 1.82) is 0 Å². The highest BCUT2D eigenvalue weighted by atomic mass is 127. The zero-order chi connectivity index (χ0) is 10.8. The van der Waals surface area contributed by atoms with Gasteiger partial charge < -0.3 is 9.52 Å². The van der Waals surface area contributed by atoms with Crippen LogP contribution in [-0.4, -0.2) is 5.11 Å². The Morgan fingerprint density at radius 2 is 1.93 bits per heavy atom. The maximum Gasteiger partial charge on any atom is 0.135 e. The summed E-state index contributed by atoms with van der Waals surface area (Å²) in [5.74, 6) is 1.40. The Morgan fingerprint density at radius 3 is 2.53 bits per heavy atom. The Morgan fingerprint density at radius 1 is 1.20 bits per heavy atom. The van der Waals surface area contributed by atoms with E-state index in [0.29, 0.717) is 5.76 Å². The summed E-state index contributed by atoms with van der Waals surface area (Å²) in [4.78, 5) is 0. The van der Waals surface area contributed by atoms with Crippen molar-refractivity contribution in [1.82, 2.24) is 0 Å². The molecule has 0 saturated heterocycles. The number of aliphatic hydroxyl groups is 1. The molecule has 0 radical (unpaired) electrons. The van der Waals surface area contributed by atoms with Crippen molar-refractivity contribution < 1.29 is 9.52 Å². The van der Waals surface area contributed by atoms with Crippen molar-refractivity contribution in [3.8, 4) is 11.3 Å². The molecule has 0 spiro atoms. The van der Waals surface area contributed by atoms with Gasteiger partial charge in [-0.05, 0) is 47.7 Å². The molecule has 1 N–H and O–H groups in total. The summed E-state index contributed by atoms with van der Waals surface area (Å²) >= 11 is 2.27. The third kappa shape index (κ3) is 2.23. The molecule has 2 aromatic rings. The number of benzene rings is 1. The average molecular weight is 314 g/mol. The van der Waals surface area contributed by atoms with Gasteiger partial charge in [-0.1, -0.05) is 18.2 Å². The van der Waals surface area contributed by atoms with Crippen molar-refractivity contribution in [3.63, 3.8) is 0 Å². The second-order valence-electron chi connectivity index (χ2n) is 3.36. The molecule has 78 valence electrons. The van der Waals surface area contributed by atoms with Crippen LogP contribution in [0.4, 0.5) is 0 Å². The van der Waals surface area contributed by atoms with E-state index in [1.165, 1.54) is 0 Å². The van der Waals surface area contributed by atoms with E-state index in [2.05, 4.69) is 22.6 Å². The van der Waals surface area contributed by atoms with Gasteiger partial charge in [-0.25, -0.2) is 0 Å². The molecule has 2 nitrogen and oxygen atoms in total. The summed E-state index contributed by atoms with van der Waals surface area (Å²) in [5, 5.41) is 9.36. The molecule has 0 amide bonds. The summed E-state index contributed by atoms with van der Waals surface area (Å²) in [6.45, 7) is 1.69. The standard InChI is InChI=1S/C12H11IO2/c1-8(14)11-6-7-12(15-11)9-4-2-3-5-10(9)13/h2-8,14H,1H3. The Bertz CT molecular complexity index is 460. The lowest BCUT2D eigenvalue weighted by Gasteiger charge is -2.01. The van der Waals surface area contributed by atoms with E-state index in [1.54, 1.807) is 6.92 Å². The second kappa shape index (κ2) is 4.37. The lowest BCUT2D eigenvalue weighted by molar-refractivity contribution is 0.170. The quantitative estimate of drug-likeness (QED) is 0.859. The molecule has 1 heterocycles. The van der Waals surface area contributed by atoms with Crippen LogP contribution in [0.5, 0.6) is 0 Å². The molecule has 0 aliphatic carbocycles. The van der Waals surface area contributed by atoms with Crippen LogP contribution in [0.15, 0.2) is 40.8 Å². The molecule has 1 atom stereocenters. The van der Waals surface area contributed by atoms with Crippen molar-refractivity contribution in [3.05, 3.63) is 45.7 Å². The first-order valence-corrected chi connectivity index (χ1v) is 5.79. The summed E-state index contributed by atoms with van der Waals surface area (Å²) in [5.41, 5.74) is 1.06. The monoisotopic (exact) mass is 314 g/mol. The van der Waals surface area contributed by atoms with Gasteiger partial charge in [0.25, 0.3) is 0 Å². The van der Waals surface area contributed by atoms with Gasteiger partial charge in [0.15, 0.2) is 0 Å². The summed E-state index contributed by atoms with van der Waals surface area (Å²) < 4.78 is 6.70. The molecule has 15 heavy (non-hydrogen) atoms. The largest absolute Gasteiger partial charge is 0.458 e. The summed E-state index contributed by atoms with van der Waals surface area (Å²) in [7, 11) is 0. The van der Waals surface area contributed by atoms with E-state index in [0.717, 1.165) is 14.9 Å². The molecule has 2 rings (SSSR count). The first-order valence-electron chi connectivity index (χ1n) is 4.71. The van der Waals surface area contributed by atoms with Gasteiger partial charge in [-0.2, -0.15) is 0 Å². The fourth-order valence-corrected chi connectivity index (χ4v) is 2.04. The van der Waals surface area contributed by atoms with E-state index >= 15 is 0 Å². The van der Waals surface area contributed by atoms with Gasteiger partial charge in [-0.3, -0.25) is 0 Å². The predicted molar refractivity (Wildman–Crippen MR) is 67.5 cm³/mol. The molecular formula is C12H11IO2. The lowest BCUT2D eigenvalue weighted by atomic mass is 10.2. The molecule has 0 fully saturated rings. The third-order valence-corrected chi connectivity index (χ3v) is 3.12. The highest BCUT2D eigenvalue weighted by Gasteiger charge is 2.10. The number of rotatable bonds is 2. The number of halogens is 1. The first kappa shape index (κ1) is 10.7. The van der Waals surface area contributed by atoms with E-state index in [1.807, 2.05) is 36.4 Å². The fraction of sp³-hybridized carbons (Fsp3) is 0.167. The fourth-order valence-electron chi connectivity index (χ4n) is 1.38. The first-order chi connectivity index (χ1) is 7.18. The van der Waals surface area contributed by atoms with Crippen LogP contribution in [0.25, 0.3) is 11.3 Å². The number of furan rings is 1. The van der Waals surface area contributed by atoms with Gasteiger partial charge >= 0.3 is 0 Å². The van der Waals surface area contributed by atoms with E-state index in [-0.39, 0.29) is 0 Å². The van der Waals surface area contributed by atoms with Crippen molar-refractivity contribution >= 4 is 22.6 Å². The van der Waals surface area contributed by atoms with E-state index in [9.17, 15) is 5.11 Å². The average Bonchev–Trinajstić information content (AvgIpc) is 2.67. The number of hydrogen-bond donors (Lipinski definition) is 1. The Hall–Kier alpha value is -0.810. The summed E-state index contributed by atoms with van der Waals surface area (Å²) in [6, 6.07) is 11.7. The highest BCUT2D eigenvalue weighted by molar-refractivity contribution is 14.1. The molecule has 1 unspecified atom stereocenters. The molecule has 1 aromatic heterocycles. The second-order valence-corrected chi connectivity index (χ2v) is 4.52. The van der Waals surface area contributed by atoms with Gasteiger partial charge in [0.05, 0.1) is 0 Å². The lowest BCUT2D eigenvalue weighted by Crippen LogP contribution is -1.85. The van der Waals surface area contributed by atoms with Crippen LogP contribution < -0.4 is 0 Å². The third-order valence-electron chi connectivity index (χ3n) is 2.18. The zero-order valence-corrected chi connectivity index (χ0v) is 10.4. The maximum atomic E-state index is 9.36. The van der Waals surface area contributed by atoms with Crippen molar-refractivity contribution in [2.45, 2.75) is 13.0 Å². The molecule has 0 aliphatic heterocycles. The smallest absolute Gasteiger partial charge is 0.135 e. The van der Waals surface area contributed by atoms with Crippen LogP contribution in [0.2, 0.25) is 0 Å². The highest BCUT2D eigenvalue weighted by Crippen LogP contribution is 2.28. The maximum absolute atomic E-state index is 9.36. The van der Waals surface area contributed by atoms with Gasteiger partial charge in [0.2, 0.25) is 0 Å². The van der Waals surface area contributed by atoms with Gasteiger partial charge in [0, 0.05) is 9.13 Å². The predicted octanol–water partition coefficient (Wildman–Crippen LogP) is 3.60. The van der Waals surface area contributed by atoms with E-state index in [4.69, 9.17) is 4.42 Å². The molecule has 0 saturated carbocycles. The van der Waals surface area contributed by atoms with Crippen LogP contribution in [-0.2, 0) is 0 Å². The molecule has 3 heteroatoms. The Labute approximate surface area is 102 Å². The minimum absolute atomic E-state index is 0.555. The van der Waals surface area contributed by atoms with Crippen LogP contribution in [0.1, 0.15) is 18.8 Å². The normalized spacial score (nSPS) is 12.7. The minimum Gasteiger partial charge on any atom is -0.458 e. The van der Waals surface area contributed by atoms with Gasteiger partial charge in [0.1, 0.15) is 17.6 Å². The molecular weight excluding hydrogens is 303 g/mol. The molecule has 1 aromatic carbocycles. The topological polar surface area (TPSA) is 33.4 Å². The number of hydrogen-bond acceptors (Lipinski definition) is 2. The van der Waals surface area contributed by atoms with Crippen LogP contribution in [0, 0.1) is 3.57 Å². The van der Waals surface area contributed by atoms with Crippen LogP contribution >= 0.6 is 22.6 Å². The SMILES string of the molecule is CC(O)c1ccc(-c2ccccc2I)o1. The van der Waals surface area contributed by atoms with E-state index < -0.39 is 6.10 Å². The minimum atomic E-state index is -0.555. The van der Waals surface area contributed by atoms with Crippen molar-refractivity contribution in [2.75, 3.05) is 0 Å². The Kier molecular flexibility index (Phi) is 3.11. The zero-order valence-electron chi connectivity index (χ0n) is 8.27. The molecule has 0 bridgehead atoms. The van der Waals surface area contributed by atoms with Gasteiger partial charge in [-0.15, -0.1) is 0 Å².